The Morgan fingerprint density at radius 3 is 2.38 bits per heavy atom. The minimum atomic E-state index is -0.179. The average molecular weight is 294 g/mol. The number of rotatable bonds is 9. The molecule has 0 aromatic rings. The summed E-state index contributed by atoms with van der Waals surface area (Å²) in [6, 6.07) is 0. The van der Waals surface area contributed by atoms with Gasteiger partial charge in [-0.15, -0.1) is 0 Å². The summed E-state index contributed by atoms with van der Waals surface area (Å²) in [7, 11) is 0. The Morgan fingerprint density at radius 2 is 1.71 bits per heavy atom. The predicted molar refractivity (Wildman–Crippen MR) is 88.1 cm³/mol. The summed E-state index contributed by atoms with van der Waals surface area (Å²) in [4.78, 5) is 15.0. The van der Waals surface area contributed by atoms with Gasteiger partial charge in [0.2, 0.25) is 5.91 Å². The summed E-state index contributed by atoms with van der Waals surface area (Å²) in [6.07, 6.45) is 14.9. The highest BCUT2D eigenvalue weighted by Gasteiger charge is 2.51. The molecule has 1 spiro atoms. The van der Waals surface area contributed by atoms with Crippen molar-refractivity contribution in [3.63, 3.8) is 0 Å². The van der Waals surface area contributed by atoms with Gasteiger partial charge in [-0.1, -0.05) is 65.2 Å². The first kappa shape index (κ1) is 16.8. The second kappa shape index (κ2) is 8.17. The van der Waals surface area contributed by atoms with Gasteiger partial charge in [0, 0.05) is 6.54 Å². The molecule has 3 heteroatoms. The van der Waals surface area contributed by atoms with Crippen LogP contribution in [0.1, 0.15) is 90.9 Å². The maximum atomic E-state index is 12.8. The van der Waals surface area contributed by atoms with Crippen molar-refractivity contribution in [2.75, 3.05) is 6.54 Å². The van der Waals surface area contributed by atoms with Gasteiger partial charge in [0.15, 0.2) is 0 Å². The van der Waals surface area contributed by atoms with Crippen LogP contribution in [-0.2, 0) is 4.79 Å². The molecule has 1 aliphatic heterocycles. The van der Waals surface area contributed by atoms with Gasteiger partial charge in [-0.2, -0.15) is 0 Å². The molecule has 2 aliphatic rings. The van der Waals surface area contributed by atoms with E-state index in [4.69, 9.17) is 0 Å². The van der Waals surface area contributed by atoms with Crippen molar-refractivity contribution >= 4 is 5.91 Å². The zero-order valence-corrected chi connectivity index (χ0v) is 14.1. The molecule has 1 saturated heterocycles. The lowest BCUT2D eigenvalue weighted by Gasteiger charge is -2.23. The molecule has 1 atom stereocenters. The van der Waals surface area contributed by atoms with Crippen LogP contribution in [0, 0.1) is 0 Å². The minimum Gasteiger partial charge on any atom is -0.326 e. The lowest BCUT2D eigenvalue weighted by Crippen LogP contribution is -2.44. The smallest absolute Gasteiger partial charge is 0.244 e. The molecule has 1 heterocycles. The maximum Gasteiger partial charge on any atom is 0.244 e. The molecule has 1 N–H and O–H groups in total. The molecule has 1 amide bonds. The largest absolute Gasteiger partial charge is 0.326 e. The van der Waals surface area contributed by atoms with E-state index in [0.29, 0.717) is 12.1 Å². The average Bonchev–Trinajstić information content (AvgIpc) is 3.04. The Labute approximate surface area is 130 Å². The number of hydrogen-bond donors (Lipinski definition) is 1. The molecule has 0 aromatic carbocycles. The molecule has 1 unspecified atom stereocenters. The molecule has 1 saturated carbocycles. The number of carbonyl (C=O) groups excluding carboxylic acids is 1. The fourth-order valence-electron chi connectivity index (χ4n) is 4.03. The third kappa shape index (κ3) is 4.00. The molecule has 21 heavy (non-hydrogen) atoms. The van der Waals surface area contributed by atoms with Gasteiger partial charge in [0.25, 0.3) is 0 Å². The van der Waals surface area contributed by atoms with Gasteiger partial charge in [-0.05, 0) is 25.7 Å². The Hall–Kier alpha value is -0.570. The van der Waals surface area contributed by atoms with Crippen molar-refractivity contribution in [1.29, 1.82) is 0 Å². The number of unbranched alkanes of at least 4 members (excludes halogenated alkanes) is 5. The number of amides is 1. The monoisotopic (exact) mass is 294 g/mol. The molecular formula is C18H34N2O. The first-order valence-electron chi connectivity index (χ1n) is 9.32. The molecule has 122 valence electrons. The standard InChI is InChI=1S/C18H34N2O/c1-3-5-6-7-8-11-15-20-16(12-4-2)19-18(17(20)21)13-9-10-14-18/h16,19H,3-15H2,1-2H3. The molecule has 1 aliphatic carbocycles. The van der Waals surface area contributed by atoms with Gasteiger partial charge in [-0.3, -0.25) is 10.1 Å². The van der Waals surface area contributed by atoms with Crippen LogP contribution in [0.3, 0.4) is 0 Å². The van der Waals surface area contributed by atoms with Crippen molar-refractivity contribution in [3.05, 3.63) is 0 Å². The molecule has 3 nitrogen and oxygen atoms in total. The van der Waals surface area contributed by atoms with E-state index in [9.17, 15) is 4.79 Å². The topological polar surface area (TPSA) is 32.3 Å². The predicted octanol–water partition coefficient (Wildman–Crippen LogP) is 4.22. The van der Waals surface area contributed by atoms with Crippen LogP contribution in [0.2, 0.25) is 0 Å². The fourth-order valence-corrected chi connectivity index (χ4v) is 4.03. The van der Waals surface area contributed by atoms with Gasteiger partial charge >= 0.3 is 0 Å². The molecule has 2 rings (SSSR count). The van der Waals surface area contributed by atoms with Crippen molar-refractivity contribution in [2.24, 2.45) is 0 Å². The third-order valence-corrected chi connectivity index (χ3v) is 5.26. The number of carbonyl (C=O) groups is 1. The molecule has 0 aromatic heterocycles. The first-order chi connectivity index (χ1) is 10.2. The molecule has 0 radical (unpaired) electrons. The van der Waals surface area contributed by atoms with Crippen molar-refractivity contribution in [1.82, 2.24) is 10.2 Å². The second-order valence-electron chi connectivity index (χ2n) is 7.00. The van der Waals surface area contributed by atoms with E-state index in [1.54, 1.807) is 0 Å². The summed E-state index contributed by atoms with van der Waals surface area (Å²) < 4.78 is 0. The highest BCUT2D eigenvalue weighted by atomic mass is 16.2. The Morgan fingerprint density at radius 1 is 1.05 bits per heavy atom. The van der Waals surface area contributed by atoms with Crippen molar-refractivity contribution in [2.45, 2.75) is 103 Å². The summed E-state index contributed by atoms with van der Waals surface area (Å²) in [5, 5.41) is 3.70. The lowest BCUT2D eigenvalue weighted by atomic mass is 9.98. The summed E-state index contributed by atoms with van der Waals surface area (Å²) >= 11 is 0. The van der Waals surface area contributed by atoms with E-state index in [1.165, 1.54) is 51.4 Å². The van der Waals surface area contributed by atoms with E-state index in [2.05, 4.69) is 24.1 Å². The van der Waals surface area contributed by atoms with E-state index < -0.39 is 0 Å². The van der Waals surface area contributed by atoms with Crippen LogP contribution in [-0.4, -0.2) is 29.1 Å². The van der Waals surface area contributed by atoms with Gasteiger partial charge in [0.05, 0.1) is 11.7 Å². The van der Waals surface area contributed by atoms with Gasteiger partial charge < -0.3 is 4.90 Å². The third-order valence-electron chi connectivity index (χ3n) is 5.26. The van der Waals surface area contributed by atoms with Crippen LogP contribution in [0.15, 0.2) is 0 Å². The first-order valence-corrected chi connectivity index (χ1v) is 9.32. The Kier molecular flexibility index (Phi) is 6.53. The van der Waals surface area contributed by atoms with Gasteiger partial charge in [0.1, 0.15) is 0 Å². The second-order valence-corrected chi connectivity index (χ2v) is 7.00. The van der Waals surface area contributed by atoms with E-state index in [1.807, 2.05) is 0 Å². The van der Waals surface area contributed by atoms with E-state index >= 15 is 0 Å². The van der Waals surface area contributed by atoms with Crippen LogP contribution < -0.4 is 5.32 Å². The fraction of sp³-hybridized carbons (Fsp3) is 0.944. The quantitative estimate of drug-likeness (QED) is 0.646. The SMILES string of the molecule is CCCCCCCCN1C(=O)C2(CCCC2)NC1CCC. The molecule has 2 fully saturated rings. The zero-order valence-electron chi connectivity index (χ0n) is 14.1. The summed E-state index contributed by atoms with van der Waals surface area (Å²) in [5.41, 5.74) is -0.179. The Balaban J connectivity index is 1.82. The van der Waals surface area contributed by atoms with Crippen molar-refractivity contribution < 1.29 is 4.79 Å². The van der Waals surface area contributed by atoms with E-state index in [-0.39, 0.29) is 5.54 Å². The number of nitrogens with one attached hydrogen (secondary N) is 1. The highest BCUT2D eigenvalue weighted by molar-refractivity contribution is 5.89. The van der Waals surface area contributed by atoms with Crippen molar-refractivity contribution in [3.8, 4) is 0 Å². The maximum absolute atomic E-state index is 12.8. The van der Waals surface area contributed by atoms with Crippen LogP contribution in [0.4, 0.5) is 0 Å². The Bertz CT molecular complexity index is 323. The molecule has 0 bridgehead atoms. The van der Waals surface area contributed by atoms with Crippen LogP contribution in [0.5, 0.6) is 0 Å². The van der Waals surface area contributed by atoms with E-state index in [0.717, 1.165) is 32.2 Å². The van der Waals surface area contributed by atoms with Crippen LogP contribution in [0.25, 0.3) is 0 Å². The highest BCUT2D eigenvalue weighted by Crippen LogP contribution is 2.37. The number of hydrogen-bond acceptors (Lipinski definition) is 2. The lowest BCUT2D eigenvalue weighted by molar-refractivity contribution is -0.133. The minimum absolute atomic E-state index is 0.179. The van der Waals surface area contributed by atoms with Gasteiger partial charge in [-0.25, -0.2) is 0 Å². The number of nitrogens with zero attached hydrogens (tertiary/aromatic N) is 1. The molecular weight excluding hydrogens is 260 g/mol. The normalized spacial score (nSPS) is 24.4. The zero-order chi connectivity index (χ0) is 15.1. The van der Waals surface area contributed by atoms with Crippen LogP contribution >= 0.6 is 0 Å². The summed E-state index contributed by atoms with van der Waals surface area (Å²) in [6.45, 7) is 5.43. The summed E-state index contributed by atoms with van der Waals surface area (Å²) in [5.74, 6) is 0.409.